The maximum atomic E-state index is 6.68. The molecule has 0 aliphatic heterocycles. The van der Waals surface area contributed by atoms with Crippen molar-refractivity contribution >= 4 is 22.9 Å². The maximum absolute atomic E-state index is 6.68. The van der Waals surface area contributed by atoms with E-state index in [2.05, 4.69) is 37.3 Å². The molecule has 1 atom stereocenters. The third-order valence-corrected chi connectivity index (χ3v) is 6.10. The summed E-state index contributed by atoms with van der Waals surface area (Å²) >= 11 is 8.63. The highest BCUT2D eigenvalue weighted by molar-refractivity contribution is 7.12. The number of hydrogen-bond acceptors (Lipinski definition) is 1. The van der Waals surface area contributed by atoms with Crippen LogP contribution in [-0.4, -0.2) is 0 Å². The molecule has 1 unspecified atom stereocenters. The van der Waals surface area contributed by atoms with E-state index >= 15 is 0 Å². The van der Waals surface area contributed by atoms with E-state index in [4.69, 9.17) is 11.6 Å². The summed E-state index contributed by atoms with van der Waals surface area (Å²) in [5.74, 6) is 0. The average Bonchev–Trinajstić information content (AvgIpc) is 2.73. The van der Waals surface area contributed by atoms with Crippen LogP contribution in [0.15, 0.2) is 30.3 Å². The minimum absolute atomic E-state index is 0.119. The predicted molar refractivity (Wildman–Crippen MR) is 89.1 cm³/mol. The van der Waals surface area contributed by atoms with E-state index in [0.29, 0.717) is 0 Å². The molecule has 2 heteroatoms. The second-order valence-corrected chi connectivity index (χ2v) is 7.45. The Balaban J connectivity index is 1.77. The monoisotopic (exact) mass is 304 g/mol. The van der Waals surface area contributed by atoms with Crippen LogP contribution in [0, 0.1) is 6.92 Å². The minimum Gasteiger partial charge on any atom is -0.144 e. The van der Waals surface area contributed by atoms with Gasteiger partial charge in [-0.15, -0.1) is 22.9 Å². The summed E-state index contributed by atoms with van der Waals surface area (Å²) in [6, 6.07) is 10.9. The topological polar surface area (TPSA) is 0 Å². The first-order chi connectivity index (χ1) is 9.74. The number of halogens is 1. The lowest BCUT2D eigenvalue weighted by Crippen LogP contribution is -1.96. The molecule has 0 N–H and O–H groups in total. The van der Waals surface area contributed by atoms with E-state index in [9.17, 15) is 0 Å². The molecule has 1 aliphatic carbocycles. The zero-order valence-electron chi connectivity index (χ0n) is 12.0. The van der Waals surface area contributed by atoms with Gasteiger partial charge in [-0.1, -0.05) is 30.7 Å². The fourth-order valence-electron chi connectivity index (χ4n) is 2.98. The van der Waals surface area contributed by atoms with Crippen LogP contribution in [0.5, 0.6) is 0 Å². The van der Waals surface area contributed by atoms with Gasteiger partial charge in [-0.2, -0.15) is 0 Å². The summed E-state index contributed by atoms with van der Waals surface area (Å²) in [4.78, 5) is 2.95. The zero-order valence-corrected chi connectivity index (χ0v) is 13.6. The highest BCUT2D eigenvalue weighted by Crippen LogP contribution is 2.36. The number of fused-ring (bicyclic) bond motifs is 1. The van der Waals surface area contributed by atoms with Crippen LogP contribution in [0.25, 0.3) is 0 Å². The smallest absolute Gasteiger partial charge is 0.0719 e. The van der Waals surface area contributed by atoms with Crippen molar-refractivity contribution in [1.82, 2.24) is 0 Å². The third-order valence-electron chi connectivity index (χ3n) is 4.23. The zero-order chi connectivity index (χ0) is 13.9. The summed E-state index contributed by atoms with van der Waals surface area (Å²) in [5, 5.41) is 0.119. The van der Waals surface area contributed by atoms with Gasteiger partial charge < -0.3 is 0 Å². The Bertz CT molecular complexity index is 561. The van der Waals surface area contributed by atoms with Gasteiger partial charge in [-0.3, -0.25) is 0 Å². The normalized spacial score (nSPS) is 16.5. The van der Waals surface area contributed by atoms with Crippen molar-refractivity contribution in [2.24, 2.45) is 0 Å². The molecule has 2 aromatic rings. The summed E-state index contributed by atoms with van der Waals surface area (Å²) in [6.07, 6.45) is 7.51. The molecule has 1 aromatic heterocycles. The first kappa shape index (κ1) is 14.2. The molecular weight excluding hydrogens is 284 g/mol. The number of aryl methyl sites for hydroxylation is 3. The lowest BCUT2D eigenvalue weighted by atomic mass is 10.0. The molecule has 0 radical (unpaired) electrons. The molecule has 0 bridgehead atoms. The fraction of sp³-hybridized carbons (Fsp3) is 0.444. The van der Waals surface area contributed by atoms with Gasteiger partial charge in [0.25, 0.3) is 0 Å². The molecule has 1 aromatic carbocycles. The fourth-order valence-corrected chi connectivity index (χ4v) is 4.58. The van der Waals surface area contributed by atoms with Gasteiger partial charge in [0.15, 0.2) is 0 Å². The van der Waals surface area contributed by atoms with Gasteiger partial charge in [-0.25, -0.2) is 0 Å². The quantitative estimate of drug-likeness (QED) is 0.493. The third kappa shape index (κ3) is 3.10. The molecule has 0 nitrogen and oxygen atoms in total. The van der Waals surface area contributed by atoms with Crippen LogP contribution in [-0.2, 0) is 19.3 Å². The van der Waals surface area contributed by atoms with Crippen LogP contribution < -0.4 is 0 Å². The van der Waals surface area contributed by atoms with Crippen LogP contribution >= 0.6 is 22.9 Å². The summed E-state index contributed by atoms with van der Waals surface area (Å²) in [7, 11) is 0. The summed E-state index contributed by atoms with van der Waals surface area (Å²) < 4.78 is 0. The van der Waals surface area contributed by atoms with Gasteiger partial charge in [0.05, 0.1) is 5.38 Å². The van der Waals surface area contributed by atoms with E-state index in [0.717, 1.165) is 6.42 Å². The van der Waals surface area contributed by atoms with Crippen molar-refractivity contribution in [3.63, 3.8) is 0 Å². The van der Waals surface area contributed by atoms with Crippen LogP contribution in [0.4, 0.5) is 0 Å². The molecule has 0 amide bonds. The Kier molecular flexibility index (Phi) is 4.48. The highest BCUT2D eigenvalue weighted by Gasteiger charge is 2.17. The van der Waals surface area contributed by atoms with Gasteiger partial charge >= 0.3 is 0 Å². The van der Waals surface area contributed by atoms with Crippen molar-refractivity contribution in [1.29, 1.82) is 0 Å². The van der Waals surface area contributed by atoms with Crippen molar-refractivity contribution in [3.8, 4) is 0 Å². The highest BCUT2D eigenvalue weighted by atomic mass is 35.5. The SMILES string of the molecule is Cc1ccccc1CC(Cl)c1cc2c(s1)CCCCC2. The Morgan fingerprint density at radius 3 is 2.80 bits per heavy atom. The molecule has 0 spiro atoms. The Hall–Kier alpha value is -0.790. The van der Waals surface area contributed by atoms with Crippen molar-refractivity contribution < 1.29 is 0 Å². The summed E-state index contributed by atoms with van der Waals surface area (Å²) in [5.41, 5.74) is 4.28. The average molecular weight is 305 g/mol. The van der Waals surface area contributed by atoms with Gasteiger partial charge in [0.2, 0.25) is 0 Å². The lowest BCUT2D eigenvalue weighted by Gasteiger charge is -2.10. The van der Waals surface area contributed by atoms with E-state index in [1.54, 1.807) is 10.4 Å². The van der Waals surface area contributed by atoms with E-state index < -0.39 is 0 Å². The van der Waals surface area contributed by atoms with E-state index in [-0.39, 0.29) is 5.38 Å². The molecule has 1 heterocycles. The molecule has 0 saturated carbocycles. The van der Waals surface area contributed by atoms with Gasteiger partial charge in [0, 0.05) is 9.75 Å². The van der Waals surface area contributed by atoms with Crippen molar-refractivity contribution in [2.45, 2.75) is 50.8 Å². The summed E-state index contributed by atoms with van der Waals surface area (Å²) in [6.45, 7) is 2.17. The molecule has 0 saturated heterocycles. The number of benzene rings is 1. The Labute approximate surface area is 130 Å². The molecule has 20 heavy (non-hydrogen) atoms. The van der Waals surface area contributed by atoms with Crippen LogP contribution in [0.3, 0.4) is 0 Å². The van der Waals surface area contributed by atoms with Gasteiger partial charge in [0.1, 0.15) is 0 Å². The molecule has 106 valence electrons. The standard InChI is InChI=1S/C18H21ClS/c1-13-7-5-6-8-14(13)11-16(19)18-12-15-9-3-2-4-10-17(15)20-18/h5-8,12,16H,2-4,9-11H2,1H3. The Morgan fingerprint density at radius 1 is 1.15 bits per heavy atom. The number of rotatable bonds is 3. The first-order valence-electron chi connectivity index (χ1n) is 7.54. The second kappa shape index (κ2) is 6.32. The molecule has 3 rings (SSSR count). The molecule has 0 fully saturated rings. The second-order valence-electron chi connectivity index (χ2n) is 5.76. The number of hydrogen-bond donors (Lipinski definition) is 0. The largest absolute Gasteiger partial charge is 0.144 e. The van der Waals surface area contributed by atoms with E-state index in [1.165, 1.54) is 48.1 Å². The minimum atomic E-state index is 0.119. The Morgan fingerprint density at radius 2 is 1.95 bits per heavy atom. The first-order valence-corrected chi connectivity index (χ1v) is 8.79. The van der Waals surface area contributed by atoms with E-state index in [1.807, 2.05) is 11.3 Å². The van der Waals surface area contributed by atoms with Crippen molar-refractivity contribution in [2.75, 3.05) is 0 Å². The lowest BCUT2D eigenvalue weighted by molar-refractivity contribution is 0.712. The molecule has 1 aliphatic rings. The maximum Gasteiger partial charge on any atom is 0.0719 e. The van der Waals surface area contributed by atoms with Gasteiger partial charge in [-0.05, 0) is 61.8 Å². The van der Waals surface area contributed by atoms with Crippen LogP contribution in [0.1, 0.15) is 51.1 Å². The predicted octanol–water partition coefficient (Wildman–Crippen LogP) is 5.85. The number of thiophene rings is 1. The van der Waals surface area contributed by atoms with Crippen molar-refractivity contribution in [3.05, 3.63) is 56.8 Å². The molecular formula is C18H21ClS. The number of alkyl halides is 1. The van der Waals surface area contributed by atoms with Crippen LogP contribution in [0.2, 0.25) is 0 Å².